The Labute approximate surface area is 195 Å². The molecule has 32 heavy (non-hydrogen) atoms. The van der Waals surface area contributed by atoms with Gasteiger partial charge in [-0.1, -0.05) is 19.3 Å². The van der Waals surface area contributed by atoms with Gasteiger partial charge < -0.3 is 0 Å². The first kappa shape index (κ1) is 21.2. The van der Waals surface area contributed by atoms with Gasteiger partial charge in [0.15, 0.2) is 0 Å². The van der Waals surface area contributed by atoms with Crippen LogP contribution in [0.25, 0.3) is 0 Å². The monoisotopic (exact) mass is 444 g/mol. The van der Waals surface area contributed by atoms with Crippen molar-refractivity contribution in [2.45, 2.75) is 121 Å². The minimum Gasteiger partial charge on any atom is -0.247 e. The van der Waals surface area contributed by atoms with Crippen LogP contribution in [0, 0.1) is 64.6 Å². The maximum atomic E-state index is 14.4. The summed E-state index contributed by atoms with van der Waals surface area (Å²) in [5, 5.41) is 0. The third-order valence-corrected chi connectivity index (χ3v) is 13.2. The lowest BCUT2D eigenvalue weighted by Crippen LogP contribution is -2.49. The standard InChI is InChI=1S/C30H46F2/c31-21-8-12-23-18(16-21)6-10-25-27(23)28-24-13-9-22(32)17-19(24)7-11-26(28)29(25)30(14-3-15-30)20-4-1-2-5-20/h18-29H,1-17H2. The van der Waals surface area contributed by atoms with Crippen molar-refractivity contribution >= 4 is 0 Å². The van der Waals surface area contributed by atoms with E-state index in [1.807, 2.05) is 0 Å². The van der Waals surface area contributed by atoms with Crippen molar-refractivity contribution in [3.05, 3.63) is 0 Å². The van der Waals surface area contributed by atoms with E-state index in [0.717, 1.165) is 73.0 Å². The van der Waals surface area contributed by atoms with Gasteiger partial charge in [0.25, 0.3) is 0 Å². The molecule has 0 spiro atoms. The Morgan fingerprint density at radius 3 is 1.47 bits per heavy atom. The molecule has 7 aliphatic rings. The van der Waals surface area contributed by atoms with Gasteiger partial charge in [-0.25, -0.2) is 8.78 Å². The molecule has 180 valence electrons. The fourth-order valence-corrected chi connectivity index (χ4v) is 12.2. The summed E-state index contributed by atoms with van der Waals surface area (Å²) in [4.78, 5) is 0. The van der Waals surface area contributed by atoms with Gasteiger partial charge in [-0.3, -0.25) is 0 Å². The Kier molecular flexibility index (Phi) is 5.25. The molecule has 7 rings (SSSR count). The van der Waals surface area contributed by atoms with E-state index in [4.69, 9.17) is 0 Å². The highest BCUT2D eigenvalue weighted by Gasteiger charge is 2.66. The van der Waals surface area contributed by atoms with Crippen molar-refractivity contribution in [2.24, 2.45) is 64.6 Å². The highest BCUT2D eigenvalue weighted by atomic mass is 19.1. The Hall–Kier alpha value is -0.140. The highest BCUT2D eigenvalue weighted by molar-refractivity contribution is 5.15. The van der Waals surface area contributed by atoms with E-state index in [2.05, 4.69) is 0 Å². The van der Waals surface area contributed by atoms with E-state index in [1.54, 1.807) is 0 Å². The largest absolute Gasteiger partial charge is 0.247 e. The number of halogens is 2. The Morgan fingerprint density at radius 1 is 0.500 bits per heavy atom. The van der Waals surface area contributed by atoms with Crippen molar-refractivity contribution < 1.29 is 8.78 Å². The van der Waals surface area contributed by atoms with Gasteiger partial charge in [0.1, 0.15) is 12.3 Å². The lowest BCUT2D eigenvalue weighted by atomic mass is 9.48. The van der Waals surface area contributed by atoms with Crippen LogP contribution in [0.4, 0.5) is 8.78 Å². The zero-order chi connectivity index (χ0) is 21.4. The van der Waals surface area contributed by atoms with Crippen molar-refractivity contribution in [2.75, 3.05) is 0 Å². The number of fused-ring (bicyclic) bond motifs is 7. The summed E-state index contributed by atoms with van der Waals surface area (Å²) in [5.41, 5.74) is 0.674. The molecule has 0 heterocycles. The molecule has 0 amide bonds. The van der Waals surface area contributed by atoms with Crippen molar-refractivity contribution in [1.29, 1.82) is 0 Å². The lowest BCUT2D eigenvalue weighted by Gasteiger charge is -2.57. The topological polar surface area (TPSA) is 0 Å². The maximum Gasteiger partial charge on any atom is 0.100 e. The summed E-state index contributed by atoms with van der Waals surface area (Å²) in [6.07, 6.45) is 20.7. The minimum absolute atomic E-state index is 0.529. The molecule has 0 aromatic carbocycles. The molecule has 0 aromatic heterocycles. The fraction of sp³-hybridized carbons (Fsp3) is 1.00. The first-order chi connectivity index (χ1) is 15.7. The van der Waals surface area contributed by atoms with Crippen molar-refractivity contribution in [1.82, 2.24) is 0 Å². The van der Waals surface area contributed by atoms with Gasteiger partial charge in [0.2, 0.25) is 0 Å². The fourth-order valence-electron chi connectivity index (χ4n) is 12.2. The van der Waals surface area contributed by atoms with E-state index < -0.39 is 12.3 Å². The molecule has 10 atom stereocenters. The summed E-state index contributed by atoms with van der Waals surface area (Å²) in [6, 6.07) is 0. The SMILES string of the molecule is FC1CCC2C(CCC3C2C2C4CCC(F)CC4CCC2C3C2(C3CCCC3)CCC2)C1. The summed E-state index contributed by atoms with van der Waals surface area (Å²) in [5.74, 6) is 8.55. The molecule has 0 saturated heterocycles. The summed E-state index contributed by atoms with van der Waals surface area (Å²) >= 11 is 0. The van der Waals surface area contributed by atoms with E-state index in [-0.39, 0.29) is 0 Å². The molecule has 10 unspecified atom stereocenters. The van der Waals surface area contributed by atoms with E-state index in [0.29, 0.717) is 17.3 Å². The third kappa shape index (κ3) is 3.01. The number of rotatable bonds is 2. The molecule has 0 aromatic rings. The molecule has 7 saturated carbocycles. The van der Waals surface area contributed by atoms with Gasteiger partial charge in [-0.05, 0) is 154 Å². The average Bonchev–Trinajstić information content (AvgIpc) is 3.40. The normalized spacial score (nSPS) is 54.8. The van der Waals surface area contributed by atoms with Crippen LogP contribution in [0.3, 0.4) is 0 Å². The van der Waals surface area contributed by atoms with E-state index >= 15 is 0 Å². The second kappa shape index (κ2) is 7.94. The van der Waals surface area contributed by atoms with Crippen molar-refractivity contribution in [3.63, 3.8) is 0 Å². The molecule has 7 fully saturated rings. The minimum atomic E-state index is -0.529. The molecule has 7 aliphatic carbocycles. The van der Waals surface area contributed by atoms with Crippen LogP contribution in [-0.4, -0.2) is 12.3 Å². The van der Waals surface area contributed by atoms with Gasteiger partial charge in [-0.2, -0.15) is 0 Å². The first-order valence-electron chi connectivity index (χ1n) is 14.9. The third-order valence-electron chi connectivity index (χ3n) is 13.2. The molecule has 0 aliphatic heterocycles. The second-order valence-corrected chi connectivity index (χ2v) is 13.9. The Bertz CT molecular complexity index is 651. The molecule has 0 bridgehead atoms. The van der Waals surface area contributed by atoms with Gasteiger partial charge in [0, 0.05) is 0 Å². The number of hydrogen-bond acceptors (Lipinski definition) is 0. The molecule has 0 radical (unpaired) electrons. The van der Waals surface area contributed by atoms with Crippen LogP contribution in [0.1, 0.15) is 109 Å². The van der Waals surface area contributed by atoms with Crippen LogP contribution >= 0.6 is 0 Å². The second-order valence-electron chi connectivity index (χ2n) is 13.9. The first-order valence-corrected chi connectivity index (χ1v) is 14.9. The smallest absolute Gasteiger partial charge is 0.100 e. The lowest BCUT2D eigenvalue weighted by molar-refractivity contribution is -0.0778. The summed E-state index contributed by atoms with van der Waals surface area (Å²) < 4.78 is 28.9. The summed E-state index contributed by atoms with van der Waals surface area (Å²) in [7, 11) is 0. The predicted octanol–water partition coefficient (Wildman–Crippen LogP) is 8.54. The average molecular weight is 445 g/mol. The molecule has 0 N–H and O–H groups in total. The molecular weight excluding hydrogens is 398 g/mol. The summed E-state index contributed by atoms with van der Waals surface area (Å²) in [6.45, 7) is 0. The van der Waals surface area contributed by atoms with Crippen LogP contribution in [-0.2, 0) is 0 Å². The molecule has 2 heteroatoms. The van der Waals surface area contributed by atoms with Crippen LogP contribution in [0.15, 0.2) is 0 Å². The number of alkyl halides is 2. The zero-order valence-corrected chi connectivity index (χ0v) is 20.2. The van der Waals surface area contributed by atoms with E-state index in [9.17, 15) is 8.78 Å². The molecule has 0 nitrogen and oxygen atoms in total. The van der Waals surface area contributed by atoms with Gasteiger partial charge >= 0.3 is 0 Å². The van der Waals surface area contributed by atoms with E-state index in [1.165, 1.54) is 83.5 Å². The quantitative estimate of drug-likeness (QED) is 0.400. The molecular formula is C30H46F2. The van der Waals surface area contributed by atoms with Crippen LogP contribution < -0.4 is 0 Å². The maximum absolute atomic E-state index is 14.4. The van der Waals surface area contributed by atoms with Crippen LogP contribution in [0.5, 0.6) is 0 Å². The Balaban J connectivity index is 1.27. The highest BCUT2D eigenvalue weighted by Crippen LogP contribution is 2.73. The van der Waals surface area contributed by atoms with Gasteiger partial charge in [0.05, 0.1) is 0 Å². The zero-order valence-electron chi connectivity index (χ0n) is 20.2. The Morgan fingerprint density at radius 2 is 1.00 bits per heavy atom. The van der Waals surface area contributed by atoms with Crippen LogP contribution in [0.2, 0.25) is 0 Å². The van der Waals surface area contributed by atoms with Gasteiger partial charge in [-0.15, -0.1) is 0 Å². The number of hydrogen-bond donors (Lipinski definition) is 0. The predicted molar refractivity (Wildman–Crippen MR) is 126 cm³/mol. The van der Waals surface area contributed by atoms with Crippen molar-refractivity contribution in [3.8, 4) is 0 Å².